The average molecular weight is 342 g/mol. The van der Waals surface area contributed by atoms with Gasteiger partial charge in [-0.3, -0.25) is 4.79 Å². The first-order chi connectivity index (χ1) is 12.2. The highest BCUT2D eigenvalue weighted by Crippen LogP contribution is 2.48. The predicted molar refractivity (Wildman–Crippen MR) is 91.4 cm³/mol. The summed E-state index contributed by atoms with van der Waals surface area (Å²) in [6.45, 7) is 1.36. The Hall–Kier alpha value is -2.34. The molecule has 2 aliphatic rings. The maximum atomic E-state index is 12.7. The summed E-state index contributed by atoms with van der Waals surface area (Å²) in [7, 11) is 1.63. The van der Waals surface area contributed by atoms with E-state index in [4.69, 9.17) is 14.0 Å². The molecule has 0 radical (unpaired) electrons. The molecule has 0 bridgehead atoms. The standard InChI is InChI=1S/C19H22N2O4/c1-23-14-5-2-4-13(10-14)16-11-17(21-25-16)19(7-8-19)18(22)20-12-15-6-3-9-24-15/h2,4-5,10-11,15H,3,6-9,12H2,1H3,(H,20,22). The van der Waals surface area contributed by atoms with Crippen molar-refractivity contribution in [1.82, 2.24) is 10.5 Å². The van der Waals surface area contributed by atoms with Gasteiger partial charge >= 0.3 is 0 Å². The third-order valence-corrected chi connectivity index (χ3v) is 5.05. The largest absolute Gasteiger partial charge is 0.497 e. The minimum atomic E-state index is -0.542. The van der Waals surface area contributed by atoms with Crippen molar-refractivity contribution < 1.29 is 18.8 Å². The number of ether oxygens (including phenoxy) is 2. The summed E-state index contributed by atoms with van der Waals surface area (Å²) < 4.78 is 16.3. The zero-order chi connectivity index (χ0) is 17.3. The first kappa shape index (κ1) is 16.1. The van der Waals surface area contributed by atoms with Crippen LogP contribution in [0.3, 0.4) is 0 Å². The summed E-state index contributed by atoms with van der Waals surface area (Å²) in [6, 6.07) is 9.47. The second-order valence-electron chi connectivity index (χ2n) is 6.74. The van der Waals surface area contributed by atoms with Crippen molar-refractivity contribution >= 4 is 5.91 Å². The van der Waals surface area contributed by atoms with Crippen LogP contribution in [0.15, 0.2) is 34.9 Å². The predicted octanol–water partition coefficient (Wildman–Crippen LogP) is 2.68. The first-order valence-corrected chi connectivity index (χ1v) is 8.73. The van der Waals surface area contributed by atoms with Crippen LogP contribution < -0.4 is 10.1 Å². The molecule has 25 heavy (non-hydrogen) atoms. The van der Waals surface area contributed by atoms with Crippen LogP contribution in [0.25, 0.3) is 11.3 Å². The van der Waals surface area contributed by atoms with Crippen LogP contribution in [0.2, 0.25) is 0 Å². The highest BCUT2D eigenvalue weighted by atomic mass is 16.5. The monoisotopic (exact) mass is 342 g/mol. The van der Waals surface area contributed by atoms with Gasteiger partial charge in [0, 0.05) is 24.8 Å². The average Bonchev–Trinajstić information content (AvgIpc) is 3.08. The van der Waals surface area contributed by atoms with Crippen LogP contribution in [-0.2, 0) is 14.9 Å². The van der Waals surface area contributed by atoms with Crippen molar-refractivity contribution in [2.75, 3.05) is 20.3 Å². The number of amides is 1. The van der Waals surface area contributed by atoms with Gasteiger partial charge in [-0.2, -0.15) is 0 Å². The Labute approximate surface area is 146 Å². The van der Waals surface area contributed by atoms with Crippen molar-refractivity contribution in [3.63, 3.8) is 0 Å². The number of carbonyl (C=O) groups is 1. The highest BCUT2D eigenvalue weighted by Gasteiger charge is 2.53. The second-order valence-corrected chi connectivity index (χ2v) is 6.74. The molecule has 1 atom stereocenters. The Morgan fingerprint density at radius 1 is 1.40 bits per heavy atom. The van der Waals surface area contributed by atoms with E-state index < -0.39 is 5.41 Å². The lowest BCUT2D eigenvalue weighted by atomic mass is 10.00. The molecule has 1 unspecified atom stereocenters. The van der Waals surface area contributed by atoms with E-state index in [1.54, 1.807) is 7.11 Å². The van der Waals surface area contributed by atoms with Crippen molar-refractivity contribution in [3.05, 3.63) is 36.0 Å². The summed E-state index contributed by atoms with van der Waals surface area (Å²) >= 11 is 0. The van der Waals surface area contributed by atoms with Crippen LogP contribution in [0, 0.1) is 0 Å². The SMILES string of the molecule is COc1cccc(-c2cc(C3(C(=O)NCC4CCCO4)CC3)no2)c1. The van der Waals surface area contributed by atoms with E-state index in [-0.39, 0.29) is 12.0 Å². The molecule has 1 N–H and O–H groups in total. The zero-order valence-corrected chi connectivity index (χ0v) is 14.3. The third-order valence-electron chi connectivity index (χ3n) is 5.05. The van der Waals surface area contributed by atoms with Gasteiger partial charge in [-0.1, -0.05) is 17.3 Å². The van der Waals surface area contributed by atoms with Gasteiger partial charge in [0.25, 0.3) is 0 Å². The maximum absolute atomic E-state index is 12.7. The number of hydrogen-bond acceptors (Lipinski definition) is 5. The fourth-order valence-corrected chi connectivity index (χ4v) is 3.32. The number of methoxy groups -OCH3 is 1. The zero-order valence-electron chi connectivity index (χ0n) is 14.3. The molecular weight excluding hydrogens is 320 g/mol. The normalized spacial score (nSPS) is 21.1. The van der Waals surface area contributed by atoms with Crippen molar-refractivity contribution in [2.24, 2.45) is 0 Å². The van der Waals surface area contributed by atoms with Crippen molar-refractivity contribution in [1.29, 1.82) is 0 Å². The fraction of sp³-hybridized carbons (Fsp3) is 0.474. The summed E-state index contributed by atoms with van der Waals surface area (Å²) in [5.74, 6) is 1.42. The Morgan fingerprint density at radius 3 is 3.00 bits per heavy atom. The molecule has 1 aromatic carbocycles. The molecule has 1 aromatic heterocycles. The van der Waals surface area contributed by atoms with E-state index in [1.807, 2.05) is 30.3 Å². The van der Waals surface area contributed by atoms with E-state index >= 15 is 0 Å². The quantitative estimate of drug-likeness (QED) is 0.874. The molecular formula is C19H22N2O4. The number of nitrogens with zero attached hydrogens (tertiary/aromatic N) is 1. The van der Waals surface area contributed by atoms with Gasteiger partial charge in [-0.15, -0.1) is 0 Å². The van der Waals surface area contributed by atoms with Gasteiger partial charge in [0.2, 0.25) is 5.91 Å². The molecule has 1 aliphatic heterocycles. The molecule has 6 nitrogen and oxygen atoms in total. The topological polar surface area (TPSA) is 73.6 Å². The molecule has 1 saturated heterocycles. The van der Waals surface area contributed by atoms with Crippen molar-refractivity contribution in [3.8, 4) is 17.1 Å². The molecule has 6 heteroatoms. The summed E-state index contributed by atoms with van der Waals surface area (Å²) in [5, 5.41) is 7.20. The maximum Gasteiger partial charge on any atom is 0.232 e. The molecule has 1 amide bonds. The van der Waals surface area contributed by atoms with Gasteiger partial charge < -0.3 is 19.3 Å². The van der Waals surface area contributed by atoms with E-state index in [1.165, 1.54) is 0 Å². The van der Waals surface area contributed by atoms with Gasteiger partial charge in [0.1, 0.15) is 5.75 Å². The number of benzene rings is 1. The molecule has 2 heterocycles. The summed E-state index contributed by atoms with van der Waals surface area (Å²) in [4.78, 5) is 12.7. The first-order valence-electron chi connectivity index (χ1n) is 8.73. The summed E-state index contributed by atoms with van der Waals surface area (Å²) in [5.41, 5.74) is 1.04. The lowest BCUT2D eigenvalue weighted by Gasteiger charge is -2.15. The molecule has 2 aromatic rings. The van der Waals surface area contributed by atoms with Crippen LogP contribution in [-0.4, -0.2) is 37.4 Å². The van der Waals surface area contributed by atoms with E-state index in [9.17, 15) is 4.79 Å². The minimum Gasteiger partial charge on any atom is -0.497 e. The van der Waals surface area contributed by atoms with E-state index in [2.05, 4.69) is 10.5 Å². The van der Waals surface area contributed by atoms with E-state index in [0.29, 0.717) is 18.0 Å². The fourth-order valence-electron chi connectivity index (χ4n) is 3.32. The smallest absolute Gasteiger partial charge is 0.232 e. The van der Waals surface area contributed by atoms with Gasteiger partial charge in [0.05, 0.1) is 24.3 Å². The minimum absolute atomic E-state index is 0.0218. The van der Waals surface area contributed by atoms with Crippen LogP contribution in [0.1, 0.15) is 31.4 Å². The molecule has 132 valence electrons. The van der Waals surface area contributed by atoms with Gasteiger partial charge in [-0.25, -0.2) is 0 Å². The third kappa shape index (κ3) is 3.14. The lowest BCUT2D eigenvalue weighted by Crippen LogP contribution is -2.39. The molecule has 0 spiro atoms. The molecule has 1 aliphatic carbocycles. The number of hydrogen-bond donors (Lipinski definition) is 1. The number of carbonyl (C=O) groups excluding carboxylic acids is 1. The van der Waals surface area contributed by atoms with Gasteiger partial charge in [0.15, 0.2) is 5.76 Å². The Balaban J connectivity index is 1.47. The molecule has 2 fully saturated rings. The lowest BCUT2D eigenvalue weighted by molar-refractivity contribution is -0.124. The Morgan fingerprint density at radius 2 is 2.28 bits per heavy atom. The van der Waals surface area contributed by atoms with Crippen LogP contribution >= 0.6 is 0 Å². The van der Waals surface area contributed by atoms with E-state index in [0.717, 1.165) is 43.6 Å². The highest BCUT2D eigenvalue weighted by molar-refractivity contribution is 5.91. The second kappa shape index (κ2) is 6.52. The van der Waals surface area contributed by atoms with Crippen molar-refractivity contribution in [2.45, 2.75) is 37.2 Å². The Kier molecular flexibility index (Phi) is 4.21. The molecule has 4 rings (SSSR count). The van der Waals surface area contributed by atoms with Crippen LogP contribution in [0.4, 0.5) is 0 Å². The molecule has 1 saturated carbocycles. The number of rotatable bonds is 6. The summed E-state index contributed by atoms with van der Waals surface area (Å²) in [6.07, 6.45) is 3.82. The number of nitrogens with one attached hydrogen (secondary N) is 1. The van der Waals surface area contributed by atoms with Gasteiger partial charge in [-0.05, 0) is 37.8 Å². The van der Waals surface area contributed by atoms with Crippen LogP contribution in [0.5, 0.6) is 5.75 Å². The Bertz CT molecular complexity index is 760. The number of aromatic nitrogens is 1.